The van der Waals surface area contributed by atoms with Crippen LogP contribution in [0.25, 0.3) is 0 Å². The molecule has 18 heavy (non-hydrogen) atoms. The minimum Gasteiger partial charge on any atom is -0.493 e. The Kier molecular flexibility index (Phi) is 4.51. The van der Waals surface area contributed by atoms with Crippen LogP contribution in [0.3, 0.4) is 0 Å². The summed E-state index contributed by atoms with van der Waals surface area (Å²) in [5, 5.41) is 3.56. The van der Waals surface area contributed by atoms with E-state index in [4.69, 9.17) is 9.47 Å². The third kappa shape index (κ3) is 2.50. The van der Waals surface area contributed by atoms with Crippen molar-refractivity contribution in [3.8, 4) is 11.5 Å². The van der Waals surface area contributed by atoms with Crippen LogP contribution in [-0.4, -0.2) is 20.8 Å². The molecule has 0 spiro atoms. The summed E-state index contributed by atoms with van der Waals surface area (Å²) < 4.78 is 12.1. The van der Waals surface area contributed by atoms with Gasteiger partial charge in [0.05, 0.1) is 14.2 Å². The third-order valence-electron chi connectivity index (χ3n) is 3.48. The molecule has 100 valence electrons. The smallest absolute Gasteiger partial charge is 0.166 e. The van der Waals surface area contributed by atoms with Crippen molar-refractivity contribution in [1.82, 2.24) is 5.32 Å². The average molecular weight is 314 g/mol. The fraction of sp³-hybridized carbons (Fsp3) is 0.571. The van der Waals surface area contributed by atoms with Gasteiger partial charge >= 0.3 is 0 Å². The van der Waals surface area contributed by atoms with Crippen molar-refractivity contribution < 1.29 is 9.47 Å². The van der Waals surface area contributed by atoms with E-state index in [0.29, 0.717) is 6.04 Å². The van der Waals surface area contributed by atoms with Gasteiger partial charge in [-0.2, -0.15) is 0 Å². The van der Waals surface area contributed by atoms with Gasteiger partial charge in [0.2, 0.25) is 0 Å². The summed E-state index contributed by atoms with van der Waals surface area (Å²) in [6.07, 6.45) is 3.64. The van der Waals surface area contributed by atoms with Gasteiger partial charge < -0.3 is 14.8 Å². The van der Waals surface area contributed by atoms with Crippen LogP contribution in [0.15, 0.2) is 10.5 Å². The standard InChI is InChI=1S/C14H20BrNO2/c1-9-8-11(17-2)14(18-3)12(13(9)15)10-6-4-5-7-16-10/h8,10,16H,4-7H2,1-3H3. The van der Waals surface area contributed by atoms with Crippen molar-refractivity contribution in [2.24, 2.45) is 0 Å². The van der Waals surface area contributed by atoms with Crippen molar-refractivity contribution in [1.29, 1.82) is 0 Å². The zero-order chi connectivity index (χ0) is 13.1. The molecule has 1 atom stereocenters. The van der Waals surface area contributed by atoms with Crippen LogP contribution in [0.2, 0.25) is 0 Å². The molecule has 0 aliphatic carbocycles. The number of methoxy groups -OCH3 is 2. The summed E-state index contributed by atoms with van der Waals surface area (Å²) >= 11 is 3.70. The van der Waals surface area contributed by atoms with Gasteiger partial charge in [0.15, 0.2) is 11.5 Å². The number of benzene rings is 1. The van der Waals surface area contributed by atoms with Gasteiger partial charge in [-0.1, -0.05) is 22.4 Å². The minimum atomic E-state index is 0.344. The molecule has 1 heterocycles. The monoisotopic (exact) mass is 313 g/mol. The molecular weight excluding hydrogens is 294 g/mol. The maximum absolute atomic E-state index is 5.56. The molecule has 1 fully saturated rings. The Balaban J connectivity index is 2.51. The Morgan fingerprint density at radius 3 is 2.61 bits per heavy atom. The first kappa shape index (κ1) is 13.7. The summed E-state index contributed by atoms with van der Waals surface area (Å²) in [6, 6.07) is 2.35. The zero-order valence-corrected chi connectivity index (χ0v) is 12.8. The van der Waals surface area contributed by atoms with E-state index in [9.17, 15) is 0 Å². The van der Waals surface area contributed by atoms with Crippen molar-refractivity contribution in [3.05, 3.63) is 21.7 Å². The van der Waals surface area contributed by atoms with E-state index >= 15 is 0 Å². The van der Waals surface area contributed by atoms with Crippen LogP contribution in [0.5, 0.6) is 11.5 Å². The van der Waals surface area contributed by atoms with Crippen LogP contribution in [0.4, 0.5) is 0 Å². The van der Waals surface area contributed by atoms with Crippen LogP contribution in [0, 0.1) is 6.92 Å². The molecule has 1 saturated heterocycles. The average Bonchev–Trinajstić information content (AvgIpc) is 2.42. The van der Waals surface area contributed by atoms with Crippen molar-refractivity contribution >= 4 is 15.9 Å². The van der Waals surface area contributed by atoms with Crippen LogP contribution in [0.1, 0.15) is 36.4 Å². The van der Waals surface area contributed by atoms with E-state index in [2.05, 4.69) is 28.2 Å². The van der Waals surface area contributed by atoms with Crippen molar-refractivity contribution in [2.75, 3.05) is 20.8 Å². The molecule has 3 nitrogen and oxygen atoms in total. The van der Waals surface area contributed by atoms with Gasteiger partial charge in [0, 0.05) is 16.1 Å². The molecule has 1 aliphatic rings. The normalized spacial score (nSPS) is 19.7. The lowest BCUT2D eigenvalue weighted by Gasteiger charge is -2.27. The Labute approximate surface area is 117 Å². The van der Waals surface area contributed by atoms with Gasteiger partial charge in [0.25, 0.3) is 0 Å². The number of hydrogen-bond acceptors (Lipinski definition) is 3. The summed E-state index contributed by atoms with van der Waals surface area (Å²) in [5.41, 5.74) is 2.36. The van der Waals surface area contributed by atoms with Gasteiger partial charge in [0.1, 0.15) is 0 Å². The van der Waals surface area contributed by atoms with E-state index in [1.807, 2.05) is 6.07 Å². The number of nitrogens with one attached hydrogen (secondary N) is 1. The molecule has 1 aliphatic heterocycles. The van der Waals surface area contributed by atoms with E-state index in [1.165, 1.54) is 24.0 Å². The van der Waals surface area contributed by atoms with E-state index in [1.54, 1.807) is 14.2 Å². The van der Waals surface area contributed by atoms with Crippen LogP contribution >= 0.6 is 15.9 Å². The Morgan fingerprint density at radius 2 is 2.06 bits per heavy atom. The topological polar surface area (TPSA) is 30.5 Å². The summed E-state index contributed by atoms with van der Waals surface area (Å²) in [4.78, 5) is 0. The highest BCUT2D eigenvalue weighted by molar-refractivity contribution is 9.10. The maximum Gasteiger partial charge on any atom is 0.166 e. The predicted molar refractivity (Wildman–Crippen MR) is 76.6 cm³/mol. The summed E-state index contributed by atoms with van der Waals surface area (Å²) in [7, 11) is 3.38. The SMILES string of the molecule is COc1cc(C)c(Br)c(C2CCCCN2)c1OC. The largest absolute Gasteiger partial charge is 0.493 e. The molecular formula is C14H20BrNO2. The second kappa shape index (κ2) is 5.93. The number of piperidine rings is 1. The molecule has 0 aromatic heterocycles. The predicted octanol–water partition coefficient (Wildman–Crippen LogP) is 3.59. The molecule has 1 aromatic rings. The maximum atomic E-state index is 5.56. The molecule has 4 heteroatoms. The second-order valence-corrected chi connectivity index (χ2v) is 5.45. The quantitative estimate of drug-likeness (QED) is 0.925. The molecule has 1 N–H and O–H groups in total. The third-order valence-corrected chi connectivity index (χ3v) is 4.53. The number of rotatable bonds is 3. The van der Waals surface area contributed by atoms with Gasteiger partial charge in [-0.3, -0.25) is 0 Å². The Morgan fingerprint density at radius 1 is 1.28 bits per heavy atom. The zero-order valence-electron chi connectivity index (χ0n) is 11.2. The van der Waals surface area contributed by atoms with Crippen molar-refractivity contribution in [3.63, 3.8) is 0 Å². The van der Waals surface area contributed by atoms with E-state index in [0.717, 1.165) is 28.9 Å². The Bertz CT molecular complexity index is 428. The highest BCUT2D eigenvalue weighted by atomic mass is 79.9. The first-order valence-electron chi connectivity index (χ1n) is 6.33. The van der Waals surface area contributed by atoms with E-state index in [-0.39, 0.29) is 0 Å². The van der Waals surface area contributed by atoms with E-state index < -0.39 is 0 Å². The first-order valence-corrected chi connectivity index (χ1v) is 7.12. The van der Waals surface area contributed by atoms with Crippen LogP contribution in [-0.2, 0) is 0 Å². The summed E-state index contributed by atoms with van der Waals surface area (Å²) in [5.74, 6) is 1.65. The molecule has 0 bridgehead atoms. The molecule has 1 unspecified atom stereocenters. The first-order chi connectivity index (χ1) is 8.69. The number of aryl methyl sites for hydroxylation is 1. The number of hydrogen-bond donors (Lipinski definition) is 1. The van der Waals surface area contributed by atoms with Gasteiger partial charge in [-0.25, -0.2) is 0 Å². The molecule has 0 saturated carbocycles. The fourth-order valence-corrected chi connectivity index (χ4v) is 3.11. The highest BCUT2D eigenvalue weighted by Gasteiger charge is 2.25. The lowest BCUT2D eigenvalue weighted by Crippen LogP contribution is -2.27. The lowest BCUT2D eigenvalue weighted by atomic mass is 9.95. The fourth-order valence-electron chi connectivity index (χ4n) is 2.54. The molecule has 0 radical (unpaired) electrons. The van der Waals surface area contributed by atoms with Crippen molar-refractivity contribution in [2.45, 2.75) is 32.2 Å². The number of halogens is 1. The minimum absolute atomic E-state index is 0.344. The van der Waals surface area contributed by atoms with Gasteiger partial charge in [-0.15, -0.1) is 0 Å². The highest BCUT2D eigenvalue weighted by Crippen LogP contribution is 2.43. The Hall–Kier alpha value is -0.740. The molecule has 2 rings (SSSR count). The molecule has 1 aromatic carbocycles. The number of ether oxygens (including phenoxy) is 2. The molecule has 0 amide bonds. The van der Waals surface area contributed by atoms with Gasteiger partial charge in [-0.05, 0) is 37.9 Å². The van der Waals surface area contributed by atoms with Crippen LogP contribution < -0.4 is 14.8 Å². The second-order valence-electron chi connectivity index (χ2n) is 4.66. The summed E-state index contributed by atoms with van der Waals surface area (Å²) in [6.45, 7) is 3.15. The lowest BCUT2D eigenvalue weighted by molar-refractivity contribution is 0.337.